The van der Waals surface area contributed by atoms with E-state index in [1.54, 1.807) is 17.0 Å². The number of carbonyl (C=O) groups is 1. The number of carbonyl (C=O) groups excluding carboxylic acids is 1. The third kappa shape index (κ3) is 4.53. The van der Waals surface area contributed by atoms with Crippen molar-refractivity contribution in [1.82, 2.24) is 19.4 Å². The van der Waals surface area contributed by atoms with E-state index in [-0.39, 0.29) is 12.5 Å². The molecule has 2 aromatic heterocycles. The van der Waals surface area contributed by atoms with Crippen molar-refractivity contribution in [2.24, 2.45) is 0 Å². The summed E-state index contributed by atoms with van der Waals surface area (Å²) in [4.78, 5) is 24.4. The molecule has 178 valence electrons. The number of nitrogens with zero attached hydrogens (tertiary/aromatic N) is 4. The highest BCUT2D eigenvalue weighted by atomic mass is 35.5. The smallest absolute Gasteiger partial charge is 0.271 e. The van der Waals surface area contributed by atoms with Crippen LogP contribution in [0.25, 0.3) is 11.3 Å². The normalized spacial score (nSPS) is 17.5. The van der Waals surface area contributed by atoms with Crippen LogP contribution in [0, 0.1) is 6.92 Å². The zero-order chi connectivity index (χ0) is 23.7. The van der Waals surface area contributed by atoms with Crippen molar-refractivity contribution in [2.75, 3.05) is 31.7 Å². The van der Waals surface area contributed by atoms with Gasteiger partial charge in [-0.2, -0.15) is 0 Å². The molecule has 0 bridgehead atoms. The average Bonchev–Trinajstić information content (AvgIpc) is 3.28. The van der Waals surface area contributed by atoms with Gasteiger partial charge in [0, 0.05) is 55.3 Å². The monoisotopic (exact) mass is 481 g/mol. The lowest BCUT2D eigenvalue weighted by atomic mass is 10.0. The van der Waals surface area contributed by atoms with Gasteiger partial charge in [0.1, 0.15) is 5.69 Å². The zero-order valence-corrected chi connectivity index (χ0v) is 19.8. The maximum Gasteiger partial charge on any atom is 0.271 e. The minimum absolute atomic E-state index is 0.121. The molecule has 2 N–H and O–H groups in total. The SMILES string of the molecule is Cc1cnc(NC2CCOCC2)nc1-c1cc2n(c1)CCN([C@@H](CO)c1cccc(Cl)c1)C2=O. The van der Waals surface area contributed by atoms with Gasteiger partial charge in [0.25, 0.3) is 5.91 Å². The van der Waals surface area contributed by atoms with Crippen LogP contribution >= 0.6 is 11.6 Å². The summed E-state index contributed by atoms with van der Waals surface area (Å²) in [6.45, 7) is 4.41. The first-order valence-corrected chi connectivity index (χ1v) is 12.0. The lowest BCUT2D eigenvalue weighted by molar-refractivity contribution is 0.0526. The lowest BCUT2D eigenvalue weighted by Gasteiger charge is -2.34. The first-order chi connectivity index (χ1) is 16.5. The van der Waals surface area contributed by atoms with E-state index < -0.39 is 6.04 Å². The average molecular weight is 482 g/mol. The molecule has 34 heavy (non-hydrogen) atoms. The van der Waals surface area contributed by atoms with Crippen molar-refractivity contribution in [3.05, 3.63) is 64.6 Å². The van der Waals surface area contributed by atoms with E-state index in [1.807, 2.05) is 42.1 Å². The zero-order valence-electron chi connectivity index (χ0n) is 19.1. The van der Waals surface area contributed by atoms with E-state index in [0.717, 1.165) is 48.4 Å². The Kier molecular flexibility index (Phi) is 6.54. The predicted octanol–water partition coefficient (Wildman–Crippen LogP) is 3.69. The van der Waals surface area contributed by atoms with Gasteiger partial charge in [-0.05, 0) is 49.1 Å². The van der Waals surface area contributed by atoms with Gasteiger partial charge in [0.15, 0.2) is 0 Å². The van der Waals surface area contributed by atoms with E-state index in [0.29, 0.717) is 35.8 Å². The second-order valence-corrected chi connectivity index (χ2v) is 9.25. The fourth-order valence-electron chi connectivity index (χ4n) is 4.69. The molecule has 0 saturated carbocycles. The maximum atomic E-state index is 13.4. The molecular formula is C25H28ClN5O3. The van der Waals surface area contributed by atoms with Crippen molar-refractivity contribution in [1.29, 1.82) is 0 Å². The summed E-state index contributed by atoms with van der Waals surface area (Å²) in [6, 6.07) is 9.03. The van der Waals surface area contributed by atoms with Gasteiger partial charge in [-0.1, -0.05) is 23.7 Å². The number of rotatable bonds is 6. The van der Waals surface area contributed by atoms with E-state index in [1.165, 1.54) is 0 Å². The summed E-state index contributed by atoms with van der Waals surface area (Å²) in [5, 5.41) is 14.1. The molecule has 1 amide bonds. The number of aryl methyl sites for hydroxylation is 1. The molecule has 2 aliphatic rings. The Bertz CT molecular complexity index is 1190. The number of nitrogens with one attached hydrogen (secondary N) is 1. The number of benzene rings is 1. The number of anilines is 1. The molecule has 1 atom stereocenters. The Balaban J connectivity index is 1.41. The van der Waals surface area contributed by atoms with Crippen LogP contribution in [0.2, 0.25) is 5.02 Å². The molecule has 9 heteroatoms. The summed E-state index contributed by atoms with van der Waals surface area (Å²) < 4.78 is 7.40. The number of amides is 1. The standard InChI is InChI=1S/C25H28ClN5O3/c1-16-13-27-25(28-20-5-9-34-10-6-20)29-23(16)18-12-21-24(33)31(8-7-30(21)14-18)22(15-32)17-3-2-4-19(26)11-17/h2-4,11-14,20,22,32H,5-10,15H2,1H3,(H,27,28,29)/t22-/m0/s1. The van der Waals surface area contributed by atoms with E-state index in [4.69, 9.17) is 21.3 Å². The second-order valence-electron chi connectivity index (χ2n) is 8.82. The van der Waals surface area contributed by atoms with Crippen LogP contribution in [0.3, 0.4) is 0 Å². The van der Waals surface area contributed by atoms with Gasteiger partial charge < -0.3 is 24.6 Å². The van der Waals surface area contributed by atoms with Crippen LogP contribution in [0.5, 0.6) is 0 Å². The highest BCUT2D eigenvalue weighted by Crippen LogP contribution is 2.31. The van der Waals surface area contributed by atoms with Gasteiger partial charge in [-0.3, -0.25) is 4.79 Å². The molecule has 1 aromatic carbocycles. The van der Waals surface area contributed by atoms with Crippen LogP contribution in [0.1, 0.15) is 40.5 Å². The number of aromatic nitrogens is 3. The van der Waals surface area contributed by atoms with Crippen LogP contribution in [0.4, 0.5) is 5.95 Å². The number of aliphatic hydroxyl groups is 1. The number of halogens is 1. The molecule has 1 saturated heterocycles. The molecule has 1 fully saturated rings. The number of hydrogen-bond donors (Lipinski definition) is 2. The topological polar surface area (TPSA) is 92.5 Å². The van der Waals surface area contributed by atoms with Crippen LogP contribution in [-0.4, -0.2) is 62.9 Å². The number of ether oxygens (including phenoxy) is 1. The highest BCUT2D eigenvalue weighted by Gasteiger charge is 2.32. The Morgan fingerprint density at radius 2 is 2.09 bits per heavy atom. The highest BCUT2D eigenvalue weighted by molar-refractivity contribution is 6.30. The van der Waals surface area contributed by atoms with E-state index >= 15 is 0 Å². The van der Waals surface area contributed by atoms with E-state index in [2.05, 4.69) is 10.3 Å². The Hall–Kier alpha value is -2.94. The largest absolute Gasteiger partial charge is 0.394 e. The molecular weight excluding hydrogens is 454 g/mol. The number of fused-ring (bicyclic) bond motifs is 1. The molecule has 0 unspecified atom stereocenters. The van der Waals surface area contributed by atoms with Crippen LogP contribution < -0.4 is 5.32 Å². The second kappa shape index (κ2) is 9.74. The van der Waals surface area contributed by atoms with Gasteiger partial charge in [0.2, 0.25) is 5.95 Å². The third-order valence-electron chi connectivity index (χ3n) is 6.54. The van der Waals surface area contributed by atoms with E-state index in [9.17, 15) is 9.90 Å². The molecule has 3 aromatic rings. The van der Waals surface area contributed by atoms with Crippen molar-refractivity contribution in [3.8, 4) is 11.3 Å². The van der Waals surface area contributed by atoms with Crippen LogP contribution in [0.15, 0.2) is 42.7 Å². The van der Waals surface area contributed by atoms with Crippen molar-refractivity contribution in [3.63, 3.8) is 0 Å². The minimum atomic E-state index is -0.450. The summed E-state index contributed by atoms with van der Waals surface area (Å²) >= 11 is 6.15. The van der Waals surface area contributed by atoms with Crippen LogP contribution in [-0.2, 0) is 11.3 Å². The van der Waals surface area contributed by atoms with Gasteiger partial charge in [0.05, 0.1) is 18.3 Å². The molecule has 2 aliphatic heterocycles. The molecule has 0 radical (unpaired) electrons. The van der Waals surface area contributed by atoms with Crippen molar-refractivity contribution in [2.45, 2.75) is 38.4 Å². The number of aliphatic hydroxyl groups excluding tert-OH is 1. The fraction of sp³-hybridized carbons (Fsp3) is 0.400. The minimum Gasteiger partial charge on any atom is -0.394 e. The summed E-state index contributed by atoms with van der Waals surface area (Å²) in [7, 11) is 0. The summed E-state index contributed by atoms with van der Waals surface area (Å²) in [5.41, 5.74) is 4.03. The molecule has 8 nitrogen and oxygen atoms in total. The number of hydrogen-bond acceptors (Lipinski definition) is 6. The Morgan fingerprint density at radius 1 is 1.26 bits per heavy atom. The molecule has 5 rings (SSSR count). The lowest BCUT2D eigenvalue weighted by Crippen LogP contribution is -2.43. The molecule has 0 spiro atoms. The summed E-state index contributed by atoms with van der Waals surface area (Å²) in [5.74, 6) is 0.467. The first kappa shape index (κ1) is 22.8. The Morgan fingerprint density at radius 3 is 2.85 bits per heavy atom. The molecule has 4 heterocycles. The van der Waals surface area contributed by atoms with Gasteiger partial charge in [-0.25, -0.2) is 9.97 Å². The third-order valence-corrected chi connectivity index (χ3v) is 6.78. The fourth-order valence-corrected chi connectivity index (χ4v) is 4.89. The van der Waals surface area contributed by atoms with Crippen molar-refractivity contribution < 1.29 is 14.6 Å². The first-order valence-electron chi connectivity index (χ1n) is 11.6. The van der Waals surface area contributed by atoms with Gasteiger partial charge >= 0.3 is 0 Å². The van der Waals surface area contributed by atoms with Crippen molar-refractivity contribution >= 4 is 23.5 Å². The predicted molar refractivity (Wildman–Crippen MR) is 130 cm³/mol. The quantitative estimate of drug-likeness (QED) is 0.558. The Labute approximate surface area is 203 Å². The summed E-state index contributed by atoms with van der Waals surface area (Å²) in [6.07, 6.45) is 5.65. The van der Waals surface area contributed by atoms with Gasteiger partial charge in [-0.15, -0.1) is 0 Å². The molecule has 0 aliphatic carbocycles. The maximum absolute atomic E-state index is 13.4.